The van der Waals surface area contributed by atoms with E-state index in [0.717, 1.165) is 0 Å². The quantitative estimate of drug-likeness (QED) is 0.0467. The molecule has 0 bridgehead atoms. The van der Waals surface area contributed by atoms with E-state index < -0.39 is 121 Å². The molecule has 0 aliphatic carbocycles. The molecule has 2 heterocycles. The molecule has 0 radical (unpaired) electrons. The van der Waals surface area contributed by atoms with Crippen LogP contribution in [0.1, 0.15) is 48.7 Å². The Morgan fingerprint density at radius 3 is 1.57 bits per heavy atom. The van der Waals surface area contributed by atoms with E-state index in [1.165, 1.54) is 25.3 Å². The van der Waals surface area contributed by atoms with Crippen LogP contribution in [0.15, 0.2) is 35.3 Å². The van der Waals surface area contributed by atoms with E-state index in [2.05, 4.69) is 30.6 Å². The number of nitrogen functional groups attached to an aromatic ring is 1. The van der Waals surface area contributed by atoms with Gasteiger partial charge in [0.2, 0.25) is 5.95 Å². The van der Waals surface area contributed by atoms with Crippen molar-refractivity contribution in [1.29, 1.82) is 0 Å². The van der Waals surface area contributed by atoms with Crippen molar-refractivity contribution in [3.8, 4) is 0 Å². The van der Waals surface area contributed by atoms with Gasteiger partial charge in [0.25, 0.3) is 11.5 Å². The molecule has 3 rings (SSSR count). The maximum atomic E-state index is 12.3. The summed E-state index contributed by atoms with van der Waals surface area (Å²) in [7, 11) is 0. The topological polar surface area (TPSA) is 599 Å². The van der Waals surface area contributed by atoms with Gasteiger partial charge in [0.1, 0.15) is 30.5 Å². The molecule has 72 heavy (non-hydrogen) atoms. The third-order valence-corrected chi connectivity index (χ3v) is 7.51. The maximum absolute atomic E-state index is 12.3. The van der Waals surface area contributed by atoms with Gasteiger partial charge in [0, 0.05) is 17.7 Å². The predicted molar refractivity (Wildman–Crippen MR) is 252 cm³/mol. The summed E-state index contributed by atoms with van der Waals surface area (Å²) in [6.07, 6.45) is -12.3. The van der Waals surface area contributed by atoms with Crippen molar-refractivity contribution in [3.05, 3.63) is 52.1 Å². The number of carboxylic acids is 7. The molecule has 6 atom stereocenters. The number of aromatic amines is 1. The Hall–Kier alpha value is -3.17. The Labute approximate surface area is 522 Å². The first kappa shape index (κ1) is 80.2. The average Bonchev–Trinajstić information content (AvgIpc) is 3.23. The summed E-state index contributed by atoms with van der Waals surface area (Å²) in [5, 5.41) is 139. The van der Waals surface area contributed by atoms with E-state index in [-0.39, 0.29) is 193 Å². The SMILES string of the molecule is CC(O)C(=O)O.Nc1nc2ncc(CNc3ccc(C(=O)NC(CCC(=O)O)C(=O)O)cc3)nc2c(=O)[nH]1.O=C(O)C(O)C(O)C(O)C(O)CO.O=C(O)CC(O)(CC(=O)O)C(=O)O.O=C(O)O.[CaH2].[CaH2].[CaH2].[CaH2]. The van der Waals surface area contributed by atoms with Gasteiger partial charge in [-0.2, -0.15) is 4.98 Å². The first-order chi connectivity index (χ1) is 31.3. The Bertz CT molecular complexity index is 2260. The molecule has 6 unspecified atom stereocenters. The van der Waals surface area contributed by atoms with Crippen LogP contribution in [0, 0.1) is 0 Å². The fraction of sp³-hybridized carbons (Fsp3) is 0.400. The van der Waals surface area contributed by atoms with E-state index >= 15 is 0 Å². The number of nitrogens with zero attached hydrogens (tertiary/aromatic N) is 3. The molecule has 0 spiro atoms. The van der Waals surface area contributed by atoms with Gasteiger partial charge in [-0.1, -0.05) is 0 Å². The second kappa shape index (κ2) is 41.1. The van der Waals surface area contributed by atoms with Crippen molar-refractivity contribution < 1.29 is 125 Å². The van der Waals surface area contributed by atoms with E-state index in [1.54, 1.807) is 12.1 Å². The van der Waals surface area contributed by atoms with Crippen LogP contribution in [0.3, 0.4) is 0 Å². The van der Waals surface area contributed by atoms with Crippen molar-refractivity contribution in [3.63, 3.8) is 0 Å². The van der Waals surface area contributed by atoms with E-state index in [4.69, 9.17) is 92.2 Å². The molecule has 0 aliphatic rings. The van der Waals surface area contributed by atoms with Crippen molar-refractivity contribution in [2.75, 3.05) is 17.7 Å². The number of carboxylic acid groups (broad SMARTS) is 9. The van der Waals surface area contributed by atoms with Crippen LogP contribution in [0.25, 0.3) is 11.2 Å². The number of aromatic nitrogens is 4. The summed E-state index contributed by atoms with van der Waals surface area (Å²) < 4.78 is 0. The zero-order valence-corrected chi connectivity index (χ0v) is 34.8. The van der Waals surface area contributed by atoms with Gasteiger partial charge in [-0.25, -0.2) is 33.9 Å². The number of nitrogens with two attached hydrogens (primary N) is 1. The summed E-state index contributed by atoms with van der Waals surface area (Å²) in [4.78, 5) is 119. The van der Waals surface area contributed by atoms with Crippen LogP contribution in [0.2, 0.25) is 0 Å². The van der Waals surface area contributed by atoms with Gasteiger partial charge in [-0.15, -0.1) is 0 Å². The third-order valence-electron chi connectivity index (χ3n) is 7.51. The number of carbonyl (C=O) groups is 9. The Kier molecular flexibility index (Phi) is 45.8. The van der Waals surface area contributed by atoms with Gasteiger partial charge >= 0.3 is 199 Å². The third kappa shape index (κ3) is 34.3. The van der Waals surface area contributed by atoms with Crippen molar-refractivity contribution in [1.82, 2.24) is 25.3 Å². The molecule has 37 heteroatoms. The Morgan fingerprint density at radius 1 is 0.722 bits per heavy atom. The molecule has 1 amide bonds. The molecular formula is C35H55Ca4N7O26. The van der Waals surface area contributed by atoms with Gasteiger partial charge in [-0.3, -0.25) is 29.0 Å². The van der Waals surface area contributed by atoms with Crippen molar-refractivity contribution >= 4 is 228 Å². The number of benzene rings is 1. The van der Waals surface area contributed by atoms with Crippen LogP contribution < -0.4 is 21.9 Å². The van der Waals surface area contributed by atoms with E-state index in [0.29, 0.717) is 11.4 Å². The number of H-pyrrole nitrogens is 1. The molecule has 3 aromatic rings. The number of rotatable bonds is 20. The number of aliphatic hydroxyl groups is 7. The number of hydrogen-bond donors (Lipinski definition) is 20. The van der Waals surface area contributed by atoms with Crippen LogP contribution >= 0.6 is 0 Å². The van der Waals surface area contributed by atoms with Gasteiger partial charge < -0.3 is 98.1 Å². The average molecular weight is 1150 g/mol. The molecule has 33 nitrogen and oxygen atoms in total. The second-order valence-corrected chi connectivity index (χ2v) is 13.0. The number of aliphatic carboxylic acids is 7. The standard InChI is InChI=1S/C19H19N7O6.C6H8O7.C6H12O7.C3H6O3.CH2O3.4Ca.8H/c20-19-25-15-14(17(30)26-19)23-11(8-22-15)7-21-10-3-1-9(2-4-10)16(29)24-12(18(31)32)5-6-13(27)28;7-3(8)1-6(13,5(11)12)2-4(9)10;7-1-2(8)3(9)4(10)5(11)6(12)13;1-2(4)3(5)6;2-1(3)4;;;;;;;;;;;;/h1-4,8,12,21H,5-7H2,(H,24,29)(H,27,28)(H,31,32)(H3,20,22,25,26,30);13H,1-2H2,(H,7,8)(H,9,10)(H,11,12);2-5,7-11H,1H2,(H,12,13);2,4H,1H3,(H,5,6);(H2,2,3,4);;;;;;;;;;;;. The fourth-order valence-corrected chi connectivity index (χ4v) is 4.14. The zero-order chi connectivity index (χ0) is 53.2. The van der Waals surface area contributed by atoms with Crippen LogP contribution in [-0.2, 0) is 40.1 Å². The van der Waals surface area contributed by atoms with E-state index in [1.807, 2.05) is 0 Å². The van der Waals surface area contributed by atoms with Crippen LogP contribution in [0.4, 0.5) is 16.4 Å². The summed E-state index contributed by atoms with van der Waals surface area (Å²) >= 11 is 0. The normalized spacial score (nSPS) is 12.3. The molecule has 0 aliphatic heterocycles. The van der Waals surface area contributed by atoms with Crippen molar-refractivity contribution in [2.24, 2.45) is 0 Å². The minimum atomic E-state index is -2.74. The summed E-state index contributed by atoms with van der Waals surface area (Å²) in [6, 6.07) is 4.86. The summed E-state index contributed by atoms with van der Waals surface area (Å²) in [6.45, 7) is 0.585. The number of nitrogens with one attached hydrogen (secondary N) is 3. The fourth-order valence-electron chi connectivity index (χ4n) is 4.14. The first-order valence-electron chi connectivity index (χ1n) is 18.2. The van der Waals surface area contributed by atoms with Gasteiger partial charge in [0.05, 0.1) is 37.9 Å². The number of amides is 1. The number of fused-ring (bicyclic) bond motifs is 1. The Morgan fingerprint density at radius 2 is 1.19 bits per heavy atom. The minimum absolute atomic E-state index is 0. The molecule has 0 saturated carbocycles. The van der Waals surface area contributed by atoms with Crippen molar-refractivity contribution in [2.45, 2.75) is 81.3 Å². The molecule has 2 aromatic heterocycles. The molecule has 1 aromatic carbocycles. The first-order valence-corrected chi connectivity index (χ1v) is 18.2. The monoisotopic (exact) mass is 1150 g/mol. The molecule has 0 saturated heterocycles. The number of anilines is 2. The number of aliphatic hydroxyl groups excluding tert-OH is 6. The molecule has 21 N–H and O–H groups in total. The number of hydrogen-bond acceptors (Lipinski definition) is 22. The second-order valence-electron chi connectivity index (χ2n) is 13.0. The Balaban J connectivity index is -0.000000227. The van der Waals surface area contributed by atoms with Gasteiger partial charge in [-0.05, 0) is 37.6 Å². The molecule has 0 fully saturated rings. The summed E-state index contributed by atoms with van der Waals surface area (Å²) in [5.41, 5.74) is 3.73. The van der Waals surface area contributed by atoms with Crippen LogP contribution in [0.5, 0.6) is 0 Å². The van der Waals surface area contributed by atoms with E-state index in [9.17, 15) is 43.2 Å². The molecular weight excluding hydrogens is 1090 g/mol. The van der Waals surface area contributed by atoms with Crippen LogP contribution in [-0.4, -0.2) is 355 Å². The zero-order valence-electron chi connectivity index (χ0n) is 34.8. The van der Waals surface area contributed by atoms with Gasteiger partial charge in [0.15, 0.2) is 22.9 Å². The summed E-state index contributed by atoms with van der Waals surface area (Å²) in [5.74, 6) is -11.1. The number of carbonyl (C=O) groups excluding carboxylic acids is 1. The molecule has 394 valence electrons. The predicted octanol–water partition coefficient (Wildman–Crippen LogP) is -8.78.